The van der Waals surface area contributed by atoms with Gasteiger partial charge in [0.05, 0.1) is 16.3 Å². The molecule has 0 saturated heterocycles. The highest BCUT2D eigenvalue weighted by Gasteiger charge is 2.15. The molecule has 0 aliphatic rings. The van der Waals surface area contributed by atoms with Crippen molar-refractivity contribution < 1.29 is 4.79 Å². The average Bonchev–Trinajstić information content (AvgIpc) is 2.28. The predicted octanol–water partition coefficient (Wildman–Crippen LogP) is 3.95. The fourth-order valence-corrected chi connectivity index (χ4v) is 2.20. The van der Waals surface area contributed by atoms with E-state index in [4.69, 9.17) is 23.2 Å². The first-order chi connectivity index (χ1) is 8.58. The molecule has 0 unspecified atom stereocenters. The Kier molecular flexibility index (Phi) is 3.84. The SMILES string of the molecule is Cc1nc(Cl)cc(Cl)c1C(=O)Nc1ccccc1. The highest BCUT2D eigenvalue weighted by Crippen LogP contribution is 2.23. The van der Waals surface area contributed by atoms with E-state index >= 15 is 0 Å². The molecule has 0 spiro atoms. The van der Waals surface area contributed by atoms with Crippen LogP contribution in [0, 0.1) is 6.92 Å². The van der Waals surface area contributed by atoms with Crippen LogP contribution in [0.15, 0.2) is 36.4 Å². The number of rotatable bonds is 2. The van der Waals surface area contributed by atoms with Gasteiger partial charge in [0, 0.05) is 5.69 Å². The zero-order chi connectivity index (χ0) is 13.1. The number of nitrogens with one attached hydrogen (secondary N) is 1. The molecule has 5 heteroatoms. The van der Waals surface area contributed by atoms with Gasteiger partial charge in [0.25, 0.3) is 5.91 Å². The Labute approximate surface area is 115 Å². The third kappa shape index (κ3) is 2.81. The molecule has 18 heavy (non-hydrogen) atoms. The van der Waals surface area contributed by atoms with E-state index in [1.807, 2.05) is 18.2 Å². The zero-order valence-electron chi connectivity index (χ0n) is 9.58. The van der Waals surface area contributed by atoms with Crippen molar-refractivity contribution in [2.24, 2.45) is 0 Å². The third-order valence-corrected chi connectivity index (χ3v) is 2.87. The number of benzene rings is 1. The average molecular weight is 281 g/mol. The van der Waals surface area contributed by atoms with Gasteiger partial charge in [-0.05, 0) is 25.1 Å². The van der Waals surface area contributed by atoms with Crippen molar-refractivity contribution in [2.75, 3.05) is 5.32 Å². The second-order valence-electron chi connectivity index (χ2n) is 3.71. The molecule has 1 heterocycles. The standard InChI is InChI=1S/C13H10Cl2N2O/c1-8-12(10(14)7-11(15)16-8)13(18)17-9-5-3-2-4-6-9/h2-7H,1H3,(H,17,18). The monoisotopic (exact) mass is 280 g/mol. The van der Waals surface area contributed by atoms with Crippen molar-refractivity contribution >= 4 is 34.8 Å². The maximum atomic E-state index is 12.1. The maximum absolute atomic E-state index is 12.1. The summed E-state index contributed by atoms with van der Waals surface area (Å²) >= 11 is 11.8. The van der Waals surface area contributed by atoms with Crippen molar-refractivity contribution in [3.8, 4) is 0 Å². The molecule has 2 rings (SSSR count). The number of pyridine rings is 1. The van der Waals surface area contributed by atoms with E-state index in [0.29, 0.717) is 22.0 Å². The van der Waals surface area contributed by atoms with Crippen LogP contribution in [-0.2, 0) is 0 Å². The minimum Gasteiger partial charge on any atom is -0.322 e. The summed E-state index contributed by atoms with van der Waals surface area (Å²) in [4.78, 5) is 16.1. The van der Waals surface area contributed by atoms with Crippen molar-refractivity contribution in [1.82, 2.24) is 4.98 Å². The van der Waals surface area contributed by atoms with E-state index in [1.54, 1.807) is 19.1 Å². The van der Waals surface area contributed by atoms with Gasteiger partial charge in [0.2, 0.25) is 0 Å². The first kappa shape index (κ1) is 12.9. The molecular weight excluding hydrogens is 271 g/mol. The van der Waals surface area contributed by atoms with Crippen LogP contribution in [0.3, 0.4) is 0 Å². The molecule has 2 aromatic rings. The van der Waals surface area contributed by atoms with E-state index in [2.05, 4.69) is 10.3 Å². The summed E-state index contributed by atoms with van der Waals surface area (Å²) in [5.74, 6) is -0.298. The van der Waals surface area contributed by atoms with E-state index in [-0.39, 0.29) is 11.1 Å². The van der Waals surface area contributed by atoms with Gasteiger partial charge in [-0.25, -0.2) is 4.98 Å². The van der Waals surface area contributed by atoms with E-state index in [0.717, 1.165) is 0 Å². The Hall–Kier alpha value is -1.58. The number of aromatic nitrogens is 1. The molecule has 0 saturated carbocycles. The first-order valence-corrected chi connectivity index (χ1v) is 6.02. The quantitative estimate of drug-likeness (QED) is 0.847. The molecule has 92 valence electrons. The van der Waals surface area contributed by atoms with Crippen LogP contribution in [-0.4, -0.2) is 10.9 Å². The molecule has 1 aromatic carbocycles. The number of amides is 1. The minimum absolute atomic E-state index is 0.272. The smallest absolute Gasteiger partial charge is 0.259 e. The maximum Gasteiger partial charge on any atom is 0.259 e. The number of anilines is 1. The van der Waals surface area contributed by atoms with Crippen molar-refractivity contribution in [3.63, 3.8) is 0 Å². The lowest BCUT2D eigenvalue weighted by Gasteiger charge is -2.09. The van der Waals surface area contributed by atoms with Gasteiger partial charge in [-0.15, -0.1) is 0 Å². The van der Waals surface area contributed by atoms with Crippen LogP contribution in [0.2, 0.25) is 10.2 Å². The summed E-state index contributed by atoms with van der Waals surface area (Å²) in [5, 5.41) is 3.32. The molecule has 0 radical (unpaired) electrons. The van der Waals surface area contributed by atoms with Gasteiger partial charge in [0.15, 0.2) is 0 Å². The van der Waals surface area contributed by atoms with Crippen molar-refractivity contribution in [1.29, 1.82) is 0 Å². The van der Waals surface area contributed by atoms with Gasteiger partial charge >= 0.3 is 0 Å². The van der Waals surface area contributed by atoms with Gasteiger partial charge in [0.1, 0.15) is 5.15 Å². The lowest BCUT2D eigenvalue weighted by atomic mass is 10.2. The third-order valence-electron chi connectivity index (χ3n) is 2.38. The second-order valence-corrected chi connectivity index (χ2v) is 4.50. The Bertz CT molecular complexity index is 562. The predicted molar refractivity (Wildman–Crippen MR) is 73.4 cm³/mol. The van der Waals surface area contributed by atoms with Gasteiger partial charge in [-0.2, -0.15) is 0 Å². The molecule has 3 nitrogen and oxygen atoms in total. The lowest BCUT2D eigenvalue weighted by molar-refractivity contribution is 0.102. The Morgan fingerprint density at radius 3 is 2.50 bits per heavy atom. The van der Waals surface area contributed by atoms with Gasteiger partial charge < -0.3 is 5.32 Å². The Balaban J connectivity index is 2.30. The summed E-state index contributed by atoms with van der Waals surface area (Å²) < 4.78 is 0. The molecule has 0 atom stereocenters. The number of nitrogens with zero attached hydrogens (tertiary/aromatic N) is 1. The lowest BCUT2D eigenvalue weighted by Crippen LogP contribution is -2.14. The van der Waals surface area contributed by atoms with Crippen LogP contribution in [0.4, 0.5) is 5.69 Å². The van der Waals surface area contributed by atoms with Crippen LogP contribution in [0.5, 0.6) is 0 Å². The summed E-state index contributed by atoms with van der Waals surface area (Å²) in [6.07, 6.45) is 0. The summed E-state index contributed by atoms with van der Waals surface area (Å²) in [6.45, 7) is 1.69. The van der Waals surface area contributed by atoms with Gasteiger partial charge in [-0.3, -0.25) is 4.79 Å². The van der Waals surface area contributed by atoms with Crippen LogP contribution in [0.25, 0.3) is 0 Å². The van der Waals surface area contributed by atoms with Gasteiger partial charge in [-0.1, -0.05) is 41.4 Å². The Morgan fingerprint density at radius 2 is 1.89 bits per heavy atom. The molecule has 1 N–H and O–H groups in total. The second kappa shape index (κ2) is 5.38. The van der Waals surface area contributed by atoms with E-state index in [1.165, 1.54) is 6.07 Å². The van der Waals surface area contributed by atoms with E-state index < -0.39 is 0 Å². The fourth-order valence-electron chi connectivity index (χ4n) is 1.59. The van der Waals surface area contributed by atoms with Crippen molar-refractivity contribution in [2.45, 2.75) is 6.92 Å². The summed E-state index contributed by atoms with van der Waals surface area (Å²) in [6, 6.07) is 10.6. The number of halogens is 2. The molecule has 1 amide bonds. The minimum atomic E-state index is -0.298. The molecule has 0 bridgehead atoms. The summed E-state index contributed by atoms with van der Waals surface area (Å²) in [7, 11) is 0. The highest BCUT2D eigenvalue weighted by molar-refractivity contribution is 6.36. The molecule has 0 aliphatic heterocycles. The normalized spacial score (nSPS) is 10.2. The largest absolute Gasteiger partial charge is 0.322 e. The molecule has 0 fully saturated rings. The topological polar surface area (TPSA) is 42.0 Å². The van der Waals surface area contributed by atoms with Crippen LogP contribution < -0.4 is 5.32 Å². The number of para-hydroxylation sites is 1. The van der Waals surface area contributed by atoms with E-state index in [9.17, 15) is 4.79 Å². The highest BCUT2D eigenvalue weighted by atomic mass is 35.5. The zero-order valence-corrected chi connectivity index (χ0v) is 11.1. The van der Waals surface area contributed by atoms with Crippen LogP contribution >= 0.6 is 23.2 Å². The fraction of sp³-hybridized carbons (Fsp3) is 0.0769. The molecular formula is C13H10Cl2N2O. The number of carbonyl (C=O) groups is 1. The van der Waals surface area contributed by atoms with Crippen molar-refractivity contribution in [3.05, 3.63) is 57.8 Å². The molecule has 1 aromatic heterocycles. The first-order valence-electron chi connectivity index (χ1n) is 5.27. The summed E-state index contributed by atoms with van der Waals surface area (Å²) in [5.41, 5.74) is 1.54. The van der Waals surface area contributed by atoms with Crippen LogP contribution in [0.1, 0.15) is 16.1 Å². The molecule has 0 aliphatic carbocycles. The Morgan fingerprint density at radius 1 is 1.22 bits per heavy atom. The number of hydrogen-bond acceptors (Lipinski definition) is 2. The number of hydrogen-bond donors (Lipinski definition) is 1. The number of carbonyl (C=O) groups excluding carboxylic acids is 1. The number of aryl methyl sites for hydroxylation is 1.